The van der Waals surface area contributed by atoms with Gasteiger partial charge in [0.05, 0.1) is 5.41 Å². The maximum atomic E-state index is 11.5. The molecule has 0 heterocycles. The Morgan fingerprint density at radius 3 is 2.50 bits per heavy atom. The molecule has 2 amide bonds. The highest BCUT2D eigenvalue weighted by molar-refractivity contribution is 5.78. The quantitative estimate of drug-likeness (QED) is 0.510. The van der Waals surface area contributed by atoms with Crippen LogP contribution in [0.25, 0.3) is 0 Å². The van der Waals surface area contributed by atoms with Crippen LogP contribution in [-0.4, -0.2) is 30.2 Å². The van der Waals surface area contributed by atoms with Gasteiger partial charge >= 0.3 is 12.0 Å². The number of aliphatic carboxylic acids is 1. The zero-order chi connectivity index (χ0) is 13.4. The molecule has 0 aromatic carbocycles. The van der Waals surface area contributed by atoms with Crippen molar-refractivity contribution in [1.29, 1.82) is 0 Å². The summed E-state index contributed by atoms with van der Waals surface area (Å²) >= 11 is 0. The number of carbonyl (C=O) groups excluding carboxylic acids is 1. The summed E-state index contributed by atoms with van der Waals surface area (Å²) in [6.07, 6.45) is 3.73. The Labute approximate surface area is 107 Å². The molecular formula is C13H20N2O3. The molecule has 0 saturated heterocycles. The topological polar surface area (TPSA) is 78.4 Å². The van der Waals surface area contributed by atoms with E-state index in [0.29, 0.717) is 25.8 Å². The first-order valence-electron chi connectivity index (χ1n) is 6.25. The summed E-state index contributed by atoms with van der Waals surface area (Å²) in [6.45, 7) is 2.43. The minimum atomic E-state index is -0.808. The van der Waals surface area contributed by atoms with E-state index in [1.54, 1.807) is 6.92 Å². The Hall–Kier alpha value is -1.70. The molecule has 0 atom stereocenters. The Balaban J connectivity index is 2.31. The van der Waals surface area contributed by atoms with Gasteiger partial charge in [-0.1, -0.05) is 12.8 Å². The van der Waals surface area contributed by atoms with Crippen LogP contribution < -0.4 is 10.6 Å². The minimum absolute atomic E-state index is 0.202. The second-order valence-corrected chi connectivity index (χ2v) is 4.58. The molecule has 0 aromatic rings. The lowest BCUT2D eigenvalue weighted by Crippen LogP contribution is -2.45. The third-order valence-corrected chi connectivity index (χ3v) is 3.31. The summed E-state index contributed by atoms with van der Waals surface area (Å²) in [5.74, 6) is 4.77. The molecule has 0 bridgehead atoms. The predicted octanol–water partition coefficient (Wildman–Crippen LogP) is 1.34. The lowest BCUT2D eigenvalue weighted by atomic mass is 9.86. The van der Waals surface area contributed by atoms with Gasteiger partial charge in [-0.2, -0.15) is 0 Å². The van der Waals surface area contributed by atoms with Crippen LogP contribution in [0.4, 0.5) is 4.79 Å². The van der Waals surface area contributed by atoms with Crippen molar-refractivity contribution >= 4 is 12.0 Å². The van der Waals surface area contributed by atoms with Crippen molar-refractivity contribution in [2.24, 2.45) is 5.41 Å². The standard InChI is InChI=1S/C13H20N2O3/c1-2-3-6-9-14-12(18)15-10-13(11(16)17)7-4-5-8-13/h4-10H2,1H3,(H,16,17)(H2,14,15,18). The number of carboxylic acid groups (broad SMARTS) is 1. The monoisotopic (exact) mass is 252 g/mol. The molecule has 1 fully saturated rings. The number of carbonyl (C=O) groups is 2. The number of amides is 2. The summed E-state index contributed by atoms with van der Waals surface area (Å²) in [5, 5.41) is 14.5. The van der Waals surface area contributed by atoms with Gasteiger partial charge in [0, 0.05) is 19.5 Å². The molecule has 5 heteroatoms. The summed E-state index contributed by atoms with van der Waals surface area (Å²) < 4.78 is 0. The van der Waals surface area contributed by atoms with Crippen molar-refractivity contribution in [3.05, 3.63) is 0 Å². The van der Waals surface area contributed by atoms with Crippen LogP contribution in [0.5, 0.6) is 0 Å². The lowest BCUT2D eigenvalue weighted by Gasteiger charge is -2.23. The molecule has 1 rings (SSSR count). The molecule has 0 radical (unpaired) electrons. The van der Waals surface area contributed by atoms with Gasteiger partial charge in [0.25, 0.3) is 0 Å². The average Bonchev–Trinajstić information content (AvgIpc) is 2.82. The van der Waals surface area contributed by atoms with Crippen molar-refractivity contribution in [3.8, 4) is 11.8 Å². The first kappa shape index (κ1) is 14.4. The largest absolute Gasteiger partial charge is 0.481 e. The molecule has 1 saturated carbocycles. The Bertz CT molecular complexity index is 362. The predicted molar refractivity (Wildman–Crippen MR) is 68.0 cm³/mol. The van der Waals surface area contributed by atoms with E-state index in [9.17, 15) is 14.7 Å². The normalized spacial score (nSPS) is 16.5. The Morgan fingerprint density at radius 1 is 1.28 bits per heavy atom. The van der Waals surface area contributed by atoms with E-state index in [4.69, 9.17) is 0 Å². The number of rotatable bonds is 5. The van der Waals surface area contributed by atoms with E-state index >= 15 is 0 Å². The number of hydrogen-bond donors (Lipinski definition) is 3. The molecule has 18 heavy (non-hydrogen) atoms. The smallest absolute Gasteiger partial charge is 0.314 e. The molecule has 0 spiro atoms. The molecular weight excluding hydrogens is 232 g/mol. The second kappa shape index (κ2) is 6.90. The van der Waals surface area contributed by atoms with E-state index in [0.717, 1.165) is 12.8 Å². The summed E-state index contributed by atoms with van der Waals surface area (Å²) in [5.41, 5.74) is -0.763. The van der Waals surface area contributed by atoms with E-state index in [-0.39, 0.29) is 12.6 Å². The van der Waals surface area contributed by atoms with Crippen LogP contribution >= 0.6 is 0 Å². The maximum absolute atomic E-state index is 11.5. The van der Waals surface area contributed by atoms with Crippen LogP contribution in [0.2, 0.25) is 0 Å². The fourth-order valence-corrected chi connectivity index (χ4v) is 2.19. The highest BCUT2D eigenvalue weighted by Gasteiger charge is 2.41. The molecule has 100 valence electrons. The Morgan fingerprint density at radius 2 is 1.94 bits per heavy atom. The summed E-state index contributed by atoms with van der Waals surface area (Å²) in [4.78, 5) is 22.7. The number of carboxylic acids is 1. The van der Waals surface area contributed by atoms with Gasteiger partial charge in [-0.25, -0.2) is 4.79 Å². The van der Waals surface area contributed by atoms with Gasteiger partial charge < -0.3 is 15.7 Å². The van der Waals surface area contributed by atoms with Gasteiger partial charge in [0.2, 0.25) is 0 Å². The fraction of sp³-hybridized carbons (Fsp3) is 0.692. The number of hydrogen-bond acceptors (Lipinski definition) is 2. The molecule has 0 aromatic heterocycles. The highest BCUT2D eigenvalue weighted by Crippen LogP contribution is 2.37. The molecule has 3 N–H and O–H groups in total. The van der Waals surface area contributed by atoms with Crippen molar-refractivity contribution < 1.29 is 14.7 Å². The van der Waals surface area contributed by atoms with Gasteiger partial charge in [-0.05, 0) is 19.8 Å². The lowest BCUT2D eigenvalue weighted by molar-refractivity contribution is -0.148. The fourth-order valence-electron chi connectivity index (χ4n) is 2.19. The van der Waals surface area contributed by atoms with Crippen molar-refractivity contribution in [2.75, 3.05) is 13.1 Å². The Kier molecular flexibility index (Phi) is 5.50. The second-order valence-electron chi connectivity index (χ2n) is 4.58. The van der Waals surface area contributed by atoms with Gasteiger partial charge in [-0.3, -0.25) is 4.79 Å². The molecule has 1 aliphatic rings. The summed E-state index contributed by atoms with van der Waals surface area (Å²) in [6, 6.07) is -0.319. The first-order valence-corrected chi connectivity index (χ1v) is 6.25. The third-order valence-electron chi connectivity index (χ3n) is 3.31. The SMILES string of the molecule is CC#CCCNC(=O)NCC1(C(=O)O)CCCC1. The molecule has 0 aliphatic heterocycles. The zero-order valence-corrected chi connectivity index (χ0v) is 10.7. The van der Waals surface area contributed by atoms with Crippen LogP contribution in [0.3, 0.4) is 0 Å². The van der Waals surface area contributed by atoms with E-state index < -0.39 is 11.4 Å². The van der Waals surface area contributed by atoms with Crippen molar-refractivity contribution in [2.45, 2.75) is 39.0 Å². The van der Waals surface area contributed by atoms with Crippen molar-refractivity contribution in [1.82, 2.24) is 10.6 Å². The molecule has 0 unspecified atom stereocenters. The number of urea groups is 1. The van der Waals surface area contributed by atoms with Gasteiger partial charge in [0.15, 0.2) is 0 Å². The summed E-state index contributed by atoms with van der Waals surface area (Å²) in [7, 11) is 0. The van der Waals surface area contributed by atoms with Crippen LogP contribution in [0, 0.1) is 17.3 Å². The number of nitrogens with one attached hydrogen (secondary N) is 2. The van der Waals surface area contributed by atoms with Gasteiger partial charge in [0.1, 0.15) is 0 Å². The van der Waals surface area contributed by atoms with Crippen molar-refractivity contribution in [3.63, 3.8) is 0 Å². The van der Waals surface area contributed by atoms with Crippen LogP contribution in [0.1, 0.15) is 39.0 Å². The van der Waals surface area contributed by atoms with Crippen LogP contribution in [-0.2, 0) is 4.79 Å². The van der Waals surface area contributed by atoms with Crippen LogP contribution in [0.15, 0.2) is 0 Å². The van der Waals surface area contributed by atoms with Gasteiger partial charge in [-0.15, -0.1) is 11.8 Å². The molecule has 5 nitrogen and oxygen atoms in total. The maximum Gasteiger partial charge on any atom is 0.314 e. The van der Waals surface area contributed by atoms with E-state index in [1.807, 2.05) is 0 Å². The zero-order valence-electron chi connectivity index (χ0n) is 10.7. The average molecular weight is 252 g/mol. The minimum Gasteiger partial charge on any atom is -0.481 e. The van der Waals surface area contributed by atoms with E-state index in [2.05, 4.69) is 22.5 Å². The van der Waals surface area contributed by atoms with E-state index in [1.165, 1.54) is 0 Å². The highest BCUT2D eigenvalue weighted by atomic mass is 16.4. The molecule has 1 aliphatic carbocycles. The third kappa shape index (κ3) is 3.95. The first-order chi connectivity index (χ1) is 8.60.